The number of amides is 1. The predicted octanol–water partition coefficient (Wildman–Crippen LogP) is 1.16. The smallest absolute Gasteiger partial charge is 0.244 e. The number of carbonyl (C=O) groups excluding carboxylic acids is 1. The zero-order chi connectivity index (χ0) is 15.1. The molecule has 1 aromatic carbocycles. The molecule has 1 heterocycles. The highest BCUT2D eigenvalue weighted by molar-refractivity contribution is 5.98. The molecule has 1 aliphatic rings. The molecule has 2 rings (SSSR count). The van der Waals surface area contributed by atoms with Crippen LogP contribution in [0.25, 0.3) is 0 Å². The summed E-state index contributed by atoms with van der Waals surface area (Å²) >= 11 is 0. The first-order valence-corrected chi connectivity index (χ1v) is 7.04. The lowest BCUT2D eigenvalue weighted by Gasteiger charge is -2.31. The molecular formula is C15H22N2O4. The molecule has 1 fully saturated rings. The molecule has 1 saturated heterocycles. The maximum Gasteiger partial charge on any atom is 0.244 e. The van der Waals surface area contributed by atoms with Crippen LogP contribution in [0.5, 0.6) is 5.75 Å². The Balaban J connectivity index is 1.95. The minimum atomic E-state index is -0.856. The Kier molecular flexibility index (Phi) is 5.55. The van der Waals surface area contributed by atoms with E-state index in [0.29, 0.717) is 50.7 Å². The molecule has 6 heteroatoms. The molecule has 0 spiro atoms. The Bertz CT molecular complexity index is 472. The fraction of sp³-hybridized carbons (Fsp3) is 0.533. The van der Waals surface area contributed by atoms with Gasteiger partial charge in [-0.2, -0.15) is 0 Å². The lowest BCUT2D eigenvalue weighted by Crippen LogP contribution is -2.54. The van der Waals surface area contributed by atoms with Crippen molar-refractivity contribution in [3.05, 3.63) is 24.3 Å². The van der Waals surface area contributed by atoms with Crippen molar-refractivity contribution in [1.29, 1.82) is 0 Å². The summed E-state index contributed by atoms with van der Waals surface area (Å²) in [4.78, 5) is 12.3. The summed E-state index contributed by atoms with van der Waals surface area (Å²) in [6.07, 6.45) is 1.06. The molecule has 1 amide bonds. The molecule has 0 aliphatic carbocycles. The van der Waals surface area contributed by atoms with Gasteiger partial charge in [0.15, 0.2) is 0 Å². The van der Waals surface area contributed by atoms with Crippen molar-refractivity contribution in [2.45, 2.75) is 18.4 Å². The maximum absolute atomic E-state index is 12.3. The van der Waals surface area contributed by atoms with E-state index in [-0.39, 0.29) is 5.91 Å². The SMILES string of the molecule is COCCOc1cccc(NC(=O)C2(N)CCOCC2)c1. The van der Waals surface area contributed by atoms with Gasteiger partial charge in [0, 0.05) is 32.1 Å². The third-order valence-electron chi connectivity index (χ3n) is 3.49. The van der Waals surface area contributed by atoms with E-state index in [9.17, 15) is 4.79 Å². The van der Waals surface area contributed by atoms with Crippen molar-refractivity contribution in [2.75, 3.05) is 38.9 Å². The number of hydrogen-bond donors (Lipinski definition) is 2. The van der Waals surface area contributed by atoms with Gasteiger partial charge in [-0.15, -0.1) is 0 Å². The highest BCUT2D eigenvalue weighted by Gasteiger charge is 2.35. The van der Waals surface area contributed by atoms with Gasteiger partial charge in [-0.05, 0) is 25.0 Å². The van der Waals surface area contributed by atoms with Crippen LogP contribution in [0.2, 0.25) is 0 Å². The lowest BCUT2D eigenvalue weighted by atomic mass is 9.90. The second kappa shape index (κ2) is 7.40. The van der Waals surface area contributed by atoms with E-state index in [1.807, 2.05) is 18.2 Å². The number of carbonyl (C=O) groups is 1. The second-order valence-corrected chi connectivity index (χ2v) is 5.09. The fourth-order valence-electron chi connectivity index (χ4n) is 2.12. The zero-order valence-corrected chi connectivity index (χ0v) is 12.3. The van der Waals surface area contributed by atoms with Crippen molar-refractivity contribution in [3.8, 4) is 5.75 Å². The molecule has 0 bridgehead atoms. The summed E-state index contributed by atoms with van der Waals surface area (Å²) in [5, 5.41) is 2.85. The van der Waals surface area contributed by atoms with E-state index in [0.717, 1.165) is 0 Å². The third kappa shape index (κ3) is 4.42. The standard InChI is InChI=1S/C15H22N2O4/c1-19-9-10-21-13-4-2-3-12(11-13)17-14(18)15(16)5-7-20-8-6-15/h2-4,11H,5-10,16H2,1H3,(H,17,18). The highest BCUT2D eigenvalue weighted by atomic mass is 16.5. The van der Waals surface area contributed by atoms with Gasteiger partial charge in [0.25, 0.3) is 0 Å². The van der Waals surface area contributed by atoms with E-state index >= 15 is 0 Å². The van der Waals surface area contributed by atoms with Crippen LogP contribution in [0.3, 0.4) is 0 Å². The van der Waals surface area contributed by atoms with Crippen molar-refractivity contribution < 1.29 is 19.0 Å². The highest BCUT2D eigenvalue weighted by Crippen LogP contribution is 2.22. The van der Waals surface area contributed by atoms with Crippen molar-refractivity contribution in [3.63, 3.8) is 0 Å². The average Bonchev–Trinajstić information content (AvgIpc) is 2.49. The summed E-state index contributed by atoms with van der Waals surface area (Å²) in [7, 11) is 1.62. The molecule has 116 valence electrons. The predicted molar refractivity (Wildman–Crippen MR) is 79.4 cm³/mol. The molecule has 0 radical (unpaired) electrons. The van der Waals surface area contributed by atoms with E-state index < -0.39 is 5.54 Å². The van der Waals surface area contributed by atoms with Gasteiger partial charge < -0.3 is 25.3 Å². The fourth-order valence-corrected chi connectivity index (χ4v) is 2.12. The van der Waals surface area contributed by atoms with E-state index in [1.54, 1.807) is 13.2 Å². The lowest BCUT2D eigenvalue weighted by molar-refractivity contribution is -0.124. The van der Waals surface area contributed by atoms with Gasteiger partial charge in [-0.1, -0.05) is 6.07 Å². The number of anilines is 1. The number of rotatable bonds is 6. The molecule has 0 aromatic heterocycles. The molecule has 1 aromatic rings. The molecule has 3 N–H and O–H groups in total. The van der Waals surface area contributed by atoms with E-state index in [4.69, 9.17) is 19.9 Å². The van der Waals surface area contributed by atoms with Crippen LogP contribution in [0.1, 0.15) is 12.8 Å². The quantitative estimate of drug-likeness (QED) is 0.769. The maximum atomic E-state index is 12.3. The summed E-state index contributed by atoms with van der Waals surface area (Å²) in [6, 6.07) is 7.24. The molecule has 0 saturated carbocycles. The van der Waals surface area contributed by atoms with Crippen LogP contribution in [0.4, 0.5) is 5.69 Å². The number of nitrogens with one attached hydrogen (secondary N) is 1. The van der Waals surface area contributed by atoms with Gasteiger partial charge in [0.2, 0.25) is 5.91 Å². The molecule has 1 aliphatic heterocycles. The van der Waals surface area contributed by atoms with Crippen LogP contribution >= 0.6 is 0 Å². The second-order valence-electron chi connectivity index (χ2n) is 5.09. The van der Waals surface area contributed by atoms with Crippen LogP contribution in [-0.4, -0.2) is 45.0 Å². The first-order valence-electron chi connectivity index (χ1n) is 7.04. The summed E-state index contributed by atoms with van der Waals surface area (Å²) in [5.41, 5.74) is 5.96. The number of hydrogen-bond acceptors (Lipinski definition) is 5. The van der Waals surface area contributed by atoms with Gasteiger partial charge in [-0.3, -0.25) is 4.79 Å². The summed E-state index contributed by atoms with van der Waals surface area (Å²) in [5.74, 6) is 0.503. The molecular weight excluding hydrogens is 272 g/mol. The third-order valence-corrected chi connectivity index (χ3v) is 3.49. The minimum Gasteiger partial charge on any atom is -0.491 e. The Morgan fingerprint density at radius 2 is 2.14 bits per heavy atom. The summed E-state index contributed by atoms with van der Waals surface area (Å²) < 4.78 is 15.7. The largest absolute Gasteiger partial charge is 0.491 e. The van der Waals surface area contributed by atoms with Crippen molar-refractivity contribution in [2.24, 2.45) is 5.73 Å². The summed E-state index contributed by atoms with van der Waals surface area (Å²) in [6.45, 7) is 2.02. The molecule has 6 nitrogen and oxygen atoms in total. The molecule has 21 heavy (non-hydrogen) atoms. The first-order chi connectivity index (χ1) is 10.1. The Morgan fingerprint density at radius 1 is 1.38 bits per heavy atom. The van der Waals surface area contributed by atoms with Crippen LogP contribution in [0, 0.1) is 0 Å². The Labute approximate surface area is 124 Å². The normalized spacial score (nSPS) is 17.2. The Morgan fingerprint density at radius 3 is 2.86 bits per heavy atom. The van der Waals surface area contributed by atoms with Crippen LogP contribution in [-0.2, 0) is 14.3 Å². The van der Waals surface area contributed by atoms with Crippen LogP contribution < -0.4 is 15.8 Å². The van der Waals surface area contributed by atoms with Gasteiger partial charge in [-0.25, -0.2) is 0 Å². The average molecular weight is 294 g/mol. The van der Waals surface area contributed by atoms with Crippen molar-refractivity contribution in [1.82, 2.24) is 0 Å². The zero-order valence-electron chi connectivity index (χ0n) is 12.3. The monoisotopic (exact) mass is 294 g/mol. The van der Waals surface area contributed by atoms with Crippen LogP contribution in [0.15, 0.2) is 24.3 Å². The molecule has 0 atom stereocenters. The van der Waals surface area contributed by atoms with E-state index in [1.165, 1.54) is 0 Å². The van der Waals surface area contributed by atoms with Crippen molar-refractivity contribution >= 4 is 11.6 Å². The number of nitrogens with two attached hydrogens (primary N) is 1. The number of methoxy groups -OCH3 is 1. The number of benzene rings is 1. The van der Waals surface area contributed by atoms with Gasteiger partial charge >= 0.3 is 0 Å². The van der Waals surface area contributed by atoms with Gasteiger partial charge in [0.05, 0.1) is 6.61 Å². The minimum absolute atomic E-state index is 0.181. The Hall–Kier alpha value is -1.63. The number of ether oxygens (including phenoxy) is 3. The van der Waals surface area contributed by atoms with Gasteiger partial charge in [0.1, 0.15) is 17.9 Å². The topological polar surface area (TPSA) is 82.8 Å². The molecule has 0 unspecified atom stereocenters. The van der Waals surface area contributed by atoms with E-state index in [2.05, 4.69) is 5.32 Å². The first kappa shape index (κ1) is 15.8.